The van der Waals surface area contributed by atoms with Gasteiger partial charge in [-0.05, 0) is 36.2 Å². The quantitative estimate of drug-likeness (QED) is 0.763. The molecule has 5 heteroatoms. The number of rotatable bonds is 7. The fraction of sp³-hybridized carbons (Fsp3) is 0.476. The van der Waals surface area contributed by atoms with Crippen LogP contribution in [-0.2, 0) is 24.4 Å². The summed E-state index contributed by atoms with van der Waals surface area (Å²) in [5, 5.41) is 0. The number of aryl methyl sites for hydroxylation is 1. The van der Waals surface area contributed by atoms with Crippen molar-refractivity contribution in [3.63, 3.8) is 0 Å². The predicted molar refractivity (Wildman–Crippen MR) is 103 cm³/mol. The van der Waals surface area contributed by atoms with Gasteiger partial charge in [-0.15, -0.1) is 0 Å². The number of methoxy groups -OCH3 is 2. The number of aromatic nitrogens is 1. The number of hydrogen-bond donors (Lipinski definition) is 0. The van der Waals surface area contributed by atoms with Gasteiger partial charge in [0.1, 0.15) is 5.75 Å². The fourth-order valence-electron chi connectivity index (χ4n) is 3.46. The molecule has 1 saturated heterocycles. The van der Waals surface area contributed by atoms with Crippen molar-refractivity contribution in [2.45, 2.75) is 26.6 Å². The molecule has 0 spiro atoms. The molecule has 26 heavy (non-hydrogen) atoms. The van der Waals surface area contributed by atoms with E-state index in [1.807, 2.05) is 18.3 Å². The number of benzene rings is 1. The van der Waals surface area contributed by atoms with Crippen molar-refractivity contribution in [2.75, 3.05) is 40.4 Å². The molecule has 1 aromatic carbocycles. The first-order valence-electron chi connectivity index (χ1n) is 9.19. The molecule has 0 aliphatic carbocycles. The number of ether oxygens (including phenoxy) is 2. The van der Waals surface area contributed by atoms with Crippen molar-refractivity contribution in [2.24, 2.45) is 0 Å². The lowest BCUT2D eigenvalue weighted by atomic mass is 10.1. The molecule has 1 aromatic heterocycles. The van der Waals surface area contributed by atoms with Gasteiger partial charge in [0, 0.05) is 58.1 Å². The van der Waals surface area contributed by atoms with Gasteiger partial charge >= 0.3 is 0 Å². The maximum atomic E-state index is 5.42. The summed E-state index contributed by atoms with van der Waals surface area (Å²) in [6.45, 7) is 8.95. The second-order valence-electron chi connectivity index (χ2n) is 6.90. The van der Waals surface area contributed by atoms with Gasteiger partial charge in [0.2, 0.25) is 0 Å². The van der Waals surface area contributed by atoms with E-state index in [1.54, 1.807) is 14.2 Å². The van der Waals surface area contributed by atoms with Crippen LogP contribution in [0.1, 0.15) is 22.4 Å². The van der Waals surface area contributed by atoms with Crippen molar-refractivity contribution in [1.82, 2.24) is 14.8 Å². The van der Waals surface area contributed by atoms with Crippen LogP contribution in [0.3, 0.4) is 0 Å². The molecule has 0 atom stereocenters. The minimum atomic E-state index is 0.578. The second kappa shape index (κ2) is 9.12. The van der Waals surface area contributed by atoms with Gasteiger partial charge in [-0.3, -0.25) is 14.8 Å². The Balaban J connectivity index is 1.54. The zero-order valence-electron chi connectivity index (χ0n) is 16.1. The maximum Gasteiger partial charge on any atom is 0.124 e. The molecule has 0 N–H and O–H groups in total. The van der Waals surface area contributed by atoms with E-state index in [2.05, 4.69) is 39.9 Å². The molecule has 140 valence electrons. The second-order valence-corrected chi connectivity index (χ2v) is 6.90. The standard InChI is InChI=1S/C21H29N3O2/c1-17-5-4-8-22-20(17)15-24-11-9-23(10-12-24)14-18-6-7-21(26-3)19(13-18)16-25-2/h4-8,13H,9-12,14-16H2,1-3H3. The van der Waals surface area contributed by atoms with Crippen molar-refractivity contribution >= 4 is 0 Å². The summed E-state index contributed by atoms with van der Waals surface area (Å²) in [7, 11) is 3.42. The Labute approximate surface area is 156 Å². The van der Waals surface area contributed by atoms with Gasteiger partial charge in [-0.2, -0.15) is 0 Å². The molecule has 0 saturated carbocycles. The lowest BCUT2D eigenvalue weighted by Gasteiger charge is -2.34. The highest BCUT2D eigenvalue weighted by Gasteiger charge is 2.18. The average Bonchev–Trinajstić information content (AvgIpc) is 2.66. The van der Waals surface area contributed by atoms with Crippen LogP contribution in [0, 0.1) is 6.92 Å². The highest BCUT2D eigenvalue weighted by atomic mass is 16.5. The number of pyridine rings is 1. The summed E-state index contributed by atoms with van der Waals surface area (Å²) >= 11 is 0. The van der Waals surface area contributed by atoms with Crippen LogP contribution in [0.5, 0.6) is 5.75 Å². The summed E-state index contributed by atoms with van der Waals surface area (Å²) in [4.78, 5) is 9.53. The van der Waals surface area contributed by atoms with E-state index in [0.717, 1.165) is 50.6 Å². The van der Waals surface area contributed by atoms with Gasteiger partial charge in [-0.1, -0.05) is 12.1 Å². The Kier molecular flexibility index (Phi) is 6.61. The van der Waals surface area contributed by atoms with Crippen molar-refractivity contribution < 1.29 is 9.47 Å². The zero-order chi connectivity index (χ0) is 18.4. The van der Waals surface area contributed by atoms with Crippen LogP contribution in [0.25, 0.3) is 0 Å². The van der Waals surface area contributed by atoms with Gasteiger partial charge in [-0.25, -0.2) is 0 Å². The molecule has 3 rings (SSSR count). The third kappa shape index (κ3) is 4.81. The largest absolute Gasteiger partial charge is 0.496 e. The van der Waals surface area contributed by atoms with Crippen LogP contribution < -0.4 is 4.74 Å². The highest BCUT2D eigenvalue weighted by molar-refractivity contribution is 5.37. The van der Waals surface area contributed by atoms with Crippen LogP contribution in [0.15, 0.2) is 36.5 Å². The first kappa shape index (κ1) is 18.8. The molecule has 0 amide bonds. The molecule has 0 radical (unpaired) electrons. The predicted octanol–water partition coefficient (Wildman–Crippen LogP) is 2.86. The minimum Gasteiger partial charge on any atom is -0.496 e. The summed E-state index contributed by atoms with van der Waals surface area (Å²) in [6, 6.07) is 10.5. The summed E-state index contributed by atoms with van der Waals surface area (Å²) in [5.74, 6) is 0.895. The summed E-state index contributed by atoms with van der Waals surface area (Å²) in [6.07, 6.45) is 1.89. The van der Waals surface area contributed by atoms with Crippen LogP contribution in [-0.4, -0.2) is 55.2 Å². The molecular formula is C21H29N3O2. The van der Waals surface area contributed by atoms with E-state index in [4.69, 9.17) is 9.47 Å². The number of hydrogen-bond acceptors (Lipinski definition) is 5. The molecule has 1 aliphatic heterocycles. The topological polar surface area (TPSA) is 37.8 Å². The summed E-state index contributed by atoms with van der Waals surface area (Å²) in [5.41, 5.74) is 4.89. The smallest absolute Gasteiger partial charge is 0.124 e. The van der Waals surface area contributed by atoms with Crippen molar-refractivity contribution in [3.05, 3.63) is 58.9 Å². The average molecular weight is 355 g/mol. The third-order valence-electron chi connectivity index (χ3n) is 5.01. The van der Waals surface area contributed by atoms with Gasteiger partial charge in [0.25, 0.3) is 0 Å². The van der Waals surface area contributed by atoms with E-state index >= 15 is 0 Å². The molecule has 1 fully saturated rings. The van der Waals surface area contributed by atoms with E-state index in [0.29, 0.717) is 6.61 Å². The molecule has 2 heterocycles. The van der Waals surface area contributed by atoms with Crippen LogP contribution in [0.2, 0.25) is 0 Å². The monoisotopic (exact) mass is 355 g/mol. The van der Waals surface area contributed by atoms with Gasteiger partial charge in [0.05, 0.1) is 19.4 Å². The SMILES string of the molecule is COCc1cc(CN2CCN(Cc3ncccc3C)CC2)ccc1OC. The van der Waals surface area contributed by atoms with Crippen LogP contribution in [0.4, 0.5) is 0 Å². The molecule has 5 nitrogen and oxygen atoms in total. The van der Waals surface area contributed by atoms with E-state index < -0.39 is 0 Å². The number of piperazine rings is 1. The fourth-order valence-corrected chi connectivity index (χ4v) is 3.46. The lowest BCUT2D eigenvalue weighted by molar-refractivity contribution is 0.120. The zero-order valence-corrected chi connectivity index (χ0v) is 16.1. The Hall–Kier alpha value is -1.95. The van der Waals surface area contributed by atoms with Gasteiger partial charge < -0.3 is 9.47 Å². The van der Waals surface area contributed by atoms with Crippen molar-refractivity contribution in [3.8, 4) is 5.75 Å². The Bertz CT molecular complexity index is 712. The maximum absolute atomic E-state index is 5.42. The first-order chi connectivity index (χ1) is 12.7. The highest BCUT2D eigenvalue weighted by Crippen LogP contribution is 2.22. The first-order valence-corrected chi connectivity index (χ1v) is 9.19. The molecule has 1 aliphatic rings. The molecule has 2 aromatic rings. The molecule has 0 bridgehead atoms. The van der Waals surface area contributed by atoms with E-state index in [-0.39, 0.29) is 0 Å². The lowest BCUT2D eigenvalue weighted by Crippen LogP contribution is -2.45. The van der Waals surface area contributed by atoms with Gasteiger partial charge in [0.15, 0.2) is 0 Å². The Morgan fingerprint density at radius 3 is 2.38 bits per heavy atom. The van der Waals surface area contributed by atoms with E-state index in [1.165, 1.54) is 16.8 Å². The summed E-state index contributed by atoms with van der Waals surface area (Å²) < 4.78 is 10.7. The molecule has 0 unspecified atom stereocenters. The third-order valence-corrected chi connectivity index (χ3v) is 5.01. The normalized spacial score (nSPS) is 16.0. The molecular weight excluding hydrogens is 326 g/mol. The Morgan fingerprint density at radius 2 is 1.73 bits per heavy atom. The van der Waals surface area contributed by atoms with Crippen molar-refractivity contribution in [1.29, 1.82) is 0 Å². The minimum absolute atomic E-state index is 0.578. The van der Waals surface area contributed by atoms with Crippen LogP contribution >= 0.6 is 0 Å². The Morgan fingerprint density at radius 1 is 1.00 bits per heavy atom. The van der Waals surface area contributed by atoms with E-state index in [9.17, 15) is 0 Å². The number of nitrogens with zero attached hydrogens (tertiary/aromatic N) is 3.